The number of rotatable bonds is 3. The van der Waals surface area contributed by atoms with E-state index in [0.717, 1.165) is 42.6 Å². The Morgan fingerprint density at radius 2 is 1.96 bits per heavy atom. The van der Waals surface area contributed by atoms with E-state index in [9.17, 15) is 4.79 Å². The van der Waals surface area contributed by atoms with E-state index in [2.05, 4.69) is 9.97 Å². The number of hydrogen-bond acceptors (Lipinski definition) is 5. The number of nitrogens with zero attached hydrogens (tertiary/aromatic N) is 3. The van der Waals surface area contributed by atoms with Gasteiger partial charge in [0.25, 0.3) is 0 Å². The highest BCUT2D eigenvalue weighted by Crippen LogP contribution is 2.30. The lowest BCUT2D eigenvalue weighted by molar-refractivity contribution is 0.0126. The highest BCUT2D eigenvalue weighted by molar-refractivity contribution is 7.99. The molecule has 1 fully saturated rings. The van der Waals surface area contributed by atoms with Crippen LogP contribution in [-0.4, -0.2) is 44.9 Å². The molecule has 1 amide bonds. The highest BCUT2D eigenvalue weighted by atomic mass is 35.5. The summed E-state index contributed by atoms with van der Waals surface area (Å²) in [5, 5.41) is 1.12. The van der Waals surface area contributed by atoms with E-state index < -0.39 is 5.60 Å². The first-order valence-electron chi connectivity index (χ1n) is 8.88. The summed E-state index contributed by atoms with van der Waals surface area (Å²) in [7, 11) is 0. The summed E-state index contributed by atoms with van der Waals surface area (Å²) < 4.78 is 5.56. The Morgan fingerprint density at radius 1 is 1.27 bits per heavy atom. The molecular weight excluding hydrogens is 370 g/mol. The molecule has 1 aromatic heterocycles. The van der Waals surface area contributed by atoms with E-state index in [4.69, 9.17) is 16.3 Å². The van der Waals surface area contributed by atoms with Crippen molar-refractivity contribution in [3.63, 3.8) is 0 Å². The predicted octanol–water partition coefficient (Wildman–Crippen LogP) is 5.16. The summed E-state index contributed by atoms with van der Waals surface area (Å²) in [6, 6.07) is 7.80. The Labute approximate surface area is 163 Å². The predicted molar refractivity (Wildman–Crippen MR) is 106 cm³/mol. The third kappa shape index (κ3) is 4.80. The summed E-state index contributed by atoms with van der Waals surface area (Å²) in [4.78, 5) is 23.4. The molecule has 0 saturated carbocycles. The Balaban J connectivity index is 1.70. The molecule has 1 atom stereocenters. The number of amides is 1. The smallest absolute Gasteiger partial charge is 0.410 e. The van der Waals surface area contributed by atoms with Crippen LogP contribution in [0.25, 0.3) is 11.0 Å². The molecule has 2 aromatic rings. The van der Waals surface area contributed by atoms with Crippen molar-refractivity contribution in [2.24, 2.45) is 0 Å². The number of aromatic nitrogens is 2. The maximum absolute atomic E-state index is 12.5. The first-order valence-corrected chi connectivity index (χ1v) is 10.2. The van der Waals surface area contributed by atoms with Gasteiger partial charge in [0, 0.05) is 18.3 Å². The van der Waals surface area contributed by atoms with E-state index in [1.807, 2.05) is 49.9 Å². The molecular formula is C19H24ClN3O2S. The van der Waals surface area contributed by atoms with Crippen LogP contribution in [0.5, 0.6) is 0 Å². The summed E-state index contributed by atoms with van der Waals surface area (Å²) >= 11 is 7.86. The second-order valence-corrected chi connectivity index (χ2v) is 8.81. The molecule has 7 heteroatoms. The number of carbonyl (C=O) groups excluding carboxylic acids is 1. The molecule has 2 heterocycles. The maximum Gasteiger partial charge on any atom is 0.410 e. The van der Waals surface area contributed by atoms with Gasteiger partial charge in [0.2, 0.25) is 0 Å². The fourth-order valence-corrected chi connectivity index (χ4v) is 4.29. The van der Waals surface area contributed by atoms with Crippen LogP contribution in [0, 0.1) is 0 Å². The Bertz CT molecular complexity index is 794. The number of fused-ring (bicyclic) bond motifs is 1. The van der Waals surface area contributed by atoms with Crippen LogP contribution >= 0.6 is 23.4 Å². The zero-order chi connectivity index (χ0) is 18.7. The van der Waals surface area contributed by atoms with Crippen molar-refractivity contribution < 1.29 is 9.53 Å². The zero-order valence-electron chi connectivity index (χ0n) is 15.4. The molecule has 1 aliphatic heterocycles. The summed E-state index contributed by atoms with van der Waals surface area (Å²) in [5.41, 5.74) is 1.13. The summed E-state index contributed by atoms with van der Waals surface area (Å²) in [5.74, 6) is 0.728. The standard InChI is InChI=1S/C19H24ClN3O2S/c1-19(2,3)25-18(24)23-11-7-6-8-13(23)12-26-17-16(20)21-14-9-4-5-10-15(14)22-17/h4-5,9-10,13H,6-8,11-12H2,1-3H3. The second kappa shape index (κ2) is 8.01. The van der Waals surface area contributed by atoms with Gasteiger partial charge in [0.05, 0.1) is 11.0 Å². The zero-order valence-corrected chi connectivity index (χ0v) is 16.9. The van der Waals surface area contributed by atoms with Gasteiger partial charge < -0.3 is 9.64 Å². The van der Waals surface area contributed by atoms with Crippen molar-refractivity contribution >= 4 is 40.5 Å². The van der Waals surface area contributed by atoms with Crippen LogP contribution < -0.4 is 0 Å². The molecule has 0 spiro atoms. The normalized spacial score (nSPS) is 18.2. The van der Waals surface area contributed by atoms with Crippen molar-refractivity contribution in [1.29, 1.82) is 0 Å². The van der Waals surface area contributed by atoms with Crippen LogP contribution in [0.3, 0.4) is 0 Å². The van der Waals surface area contributed by atoms with Gasteiger partial charge in [-0.3, -0.25) is 0 Å². The first-order chi connectivity index (χ1) is 12.3. The number of benzene rings is 1. The molecule has 26 heavy (non-hydrogen) atoms. The van der Waals surface area contributed by atoms with Crippen molar-refractivity contribution in [2.45, 2.75) is 56.7 Å². The van der Waals surface area contributed by atoms with Crippen LogP contribution in [0.15, 0.2) is 29.3 Å². The number of carbonyl (C=O) groups is 1. The molecule has 0 bridgehead atoms. The molecule has 140 valence electrons. The number of piperidine rings is 1. The lowest BCUT2D eigenvalue weighted by Crippen LogP contribution is -2.47. The highest BCUT2D eigenvalue weighted by Gasteiger charge is 2.30. The quantitative estimate of drug-likeness (QED) is 0.673. The Hall–Kier alpha value is -1.53. The third-order valence-corrected chi connectivity index (χ3v) is 5.65. The Morgan fingerprint density at radius 3 is 2.65 bits per heavy atom. The lowest BCUT2D eigenvalue weighted by Gasteiger charge is -2.36. The largest absolute Gasteiger partial charge is 0.444 e. The molecule has 5 nitrogen and oxygen atoms in total. The molecule has 3 rings (SSSR count). The number of para-hydroxylation sites is 2. The average molecular weight is 394 g/mol. The van der Waals surface area contributed by atoms with Crippen molar-refractivity contribution in [1.82, 2.24) is 14.9 Å². The van der Waals surface area contributed by atoms with Gasteiger partial charge in [-0.25, -0.2) is 14.8 Å². The third-order valence-electron chi connectivity index (χ3n) is 4.17. The van der Waals surface area contributed by atoms with E-state index in [1.54, 1.807) is 11.8 Å². The van der Waals surface area contributed by atoms with Crippen LogP contribution in [0.1, 0.15) is 40.0 Å². The molecule has 1 aliphatic rings. The molecule has 1 aromatic carbocycles. The summed E-state index contributed by atoms with van der Waals surface area (Å²) in [6.07, 6.45) is 2.85. The molecule has 1 unspecified atom stereocenters. The number of thioether (sulfide) groups is 1. The van der Waals surface area contributed by atoms with Gasteiger partial charge in [-0.15, -0.1) is 11.8 Å². The van der Waals surface area contributed by atoms with E-state index in [0.29, 0.717) is 10.2 Å². The number of likely N-dealkylation sites (tertiary alicyclic amines) is 1. The Kier molecular flexibility index (Phi) is 5.92. The SMILES string of the molecule is CC(C)(C)OC(=O)N1CCCCC1CSc1nc2ccccc2nc1Cl. The minimum Gasteiger partial charge on any atom is -0.444 e. The minimum atomic E-state index is -0.487. The van der Waals surface area contributed by atoms with E-state index in [-0.39, 0.29) is 12.1 Å². The van der Waals surface area contributed by atoms with E-state index >= 15 is 0 Å². The van der Waals surface area contributed by atoms with Gasteiger partial charge >= 0.3 is 6.09 Å². The number of ether oxygens (including phenoxy) is 1. The fourth-order valence-electron chi connectivity index (χ4n) is 2.96. The van der Waals surface area contributed by atoms with Crippen LogP contribution in [-0.2, 0) is 4.74 Å². The van der Waals surface area contributed by atoms with Gasteiger partial charge in [0.15, 0.2) is 5.15 Å². The molecule has 0 N–H and O–H groups in total. The second-order valence-electron chi connectivity index (χ2n) is 7.44. The minimum absolute atomic E-state index is 0.118. The van der Waals surface area contributed by atoms with Crippen molar-refractivity contribution in [3.05, 3.63) is 29.4 Å². The maximum atomic E-state index is 12.5. The van der Waals surface area contributed by atoms with Crippen molar-refractivity contribution in [2.75, 3.05) is 12.3 Å². The molecule has 1 saturated heterocycles. The van der Waals surface area contributed by atoms with Gasteiger partial charge in [0.1, 0.15) is 10.6 Å². The number of hydrogen-bond donors (Lipinski definition) is 0. The van der Waals surface area contributed by atoms with Gasteiger partial charge in [-0.1, -0.05) is 23.7 Å². The van der Waals surface area contributed by atoms with Crippen LogP contribution in [0.2, 0.25) is 5.15 Å². The summed E-state index contributed by atoms with van der Waals surface area (Å²) in [6.45, 7) is 6.41. The topological polar surface area (TPSA) is 55.3 Å². The van der Waals surface area contributed by atoms with Gasteiger partial charge in [-0.2, -0.15) is 0 Å². The van der Waals surface area contributed by atoms with E-state index in [1.165, 1.54) is 0 Å². The number of halogens is 1. The lowest BCUT2D eigenvalue weighted by atomic mass is 10.0. The fraction of sp³-hybridized carbons (Fsp3) is 0.526. The monoisotopic (exact) mass is 393 g/mol. The van der Waals surface area contributed by atoms with Crippen LogP contribution in [0.4, 0.5) is 4.79 Å². The van der Waals surface area contributed by atoms with Gasteiger partial charge in [-0.05, 0) is 52.2 Å². The average Bonchev–Trinajstić information content (AvgIpc) is 2.58. The first kappa shape index (κ1) is 19.2. The van der Waals surface area contributed by atoms with Crippen molar-refractivity contribution in [3.8, 4) is 0 Å². The molecule has 0 aliphatic carbocycles. The molecule has 0 radical (unpaired) electrons.